The van der Waals surface area contributed by atoms with E-state index in [-0.39, 0.29) is 6.61 Å². The number of rotatable bonds is 6. The van der Waals surface area contributed by atoms with Gasteiger partial charge < -0.3 is 9.47 Å². The monoisotopic (exact) mass is 380 g/mol. The topological polar surface area (TPSA) is 105 Å². The number of methoxy groups -OCH3 is 1. The van der Waals surface area contributed by atoms with Crippen molar-refractivity contribution in [1.82, 2.24) is 4.90 Å². The van der Waals surface area contributed by atoms with Gasteiger partial charge in [0.05, 0.1) is 7.11 Å². The molecule has 1 fully saturated rings. The van der Waals surface area contributed by atoms with Crippen molar-refractivity contribution in [2.75, 3.05) is 13.7 Å². The molecule has 0 N–H and O–H groups in total. The maximum atomic E-state index is 13.2. The minimum Gasteiger partial charge on any atom is -0.497 e. The second kappa shape index (κ2) is 8.45. The molecule has 0 aromatic heterocycles. The van der Waals surface area contributed by atoms with Gasteiger partial charge >= 0.3 is 6.09 Å². The van der Waals surface area contributed by atoms with Gasteiger partial charge in [-0.25, -0.2) is 9.69 Å². The molecule has 28 heavy (non-hydrogen) atoms. The van der Waals surface area contributed by atoms with Crippen LogP contribution in [0.1, 0.15) is 30.0 Å². The molecular weight excluding hydrogens is 360 g/mol. The first-order chi connectivity index (χ1) is 13.6. The summed E-state index contributed by atoms with van der Waals surface area (Å²) in [6.45, 7) is 1.84. The van der Waals surface area contributed by atoms with Gasteiger partial charge in [0, 0.05) is 4.91 Å². The lowest BCUT2D eigenvalue weighted by Crippen LogP contribution is -2.42. The first-order valence-electron chi connectivity index (χ1n) is 8.79. The number of cyclic esters (lactones) is 1. The number of carbonyl (C=O) groups excluding carboxylic acids is 2. The number of hydrogen-bond acceptors (Lipinski definition) is 5. The predicted molar refractivity (Wildman–Crippen MR) is 102 cm³/mol. The molecule has 1 unspecified atom stereocenters. The highest BCUT2D eigenvalue weighted by Gasteiger charge is 2.42. The Labute approximate surface area is 162 Å². The zero-order chi connectivity index (χ0) is 20.1. The minimum atomic E-state index is -1.09. The number of amides is 2. The highest BCUT2D eigenvalue weighted by molar-refractivity contribution is 5.97. The van der Waals surface area contributed by atoms with Crippen LogP contribution in [0.4, 0.5) is 4.79 Å². The van der Waals surface area contributed by atoms with Crippen molar-refractivity contribution >= 4 is 12.0 Å². The number of carbonyl (C=O) groups is 2. The second-order valence-corrected chi connectivity index (χ2v) is 6.42. The van der Waals surface area contributed by atoms with Gasteiger partial charge in [0.2, 0.25) is 5.91 Å². The Morgan fingerprint density at radius 2 is 1.93 bits per heavy atom. The van der Waals surface area contributed by atoms with Crippen LogP contribution in [-0.2, 0) is 9.53 Å². The van der Waals surface area contributed by atoms with Crippen molar-refractivity contribution in [3.05, 3.63) is 76.2 Å². The van der Waals surface area contributed by atoms with E-state index in [1.165, 1.54) is 0 Å². The summed E-state index contributed by atoms with van der Waals surface area (Å²) in [5, 5.41) is 3.70. The van der Waals surface area contributed by atoms with Crippen molar-refractivity contribution in [1.29, 1.82) is 0 Å². The molecule has 0 saturated carbocycles. The van der Waals surface area contributed by atoms with E-state index in [0.717, 1.165) is 16.0 Å². The lowest BCUT2D eigenvalue weighted by atomic mass is 9.92. The van der Waals surface area contributed by atoms with Crippen LogP contribution in [0.5, 0.6) is 5.75 Å². The quantitative estimate of drug-likeness (QED) is 0.425. The summed E-state index contributed by atoms with van der Waals surface area (Å²) < 4.78 is 10.3. The largest absolute Gasteiger partial charge is 0.497 e. The predicted octanol–water partition coefficient (Wildman–Crippen LogP) is 4.20. The van der Waals surface area contributed by atoms with Crippen LogP contribution in [0.15, 0.2) is 59.7 Å². The Balaban J connectivity index is 1.90. The summed E-state index contributed by atoms with van der Waals surface area (Å²) in [6.07, 6.45) is -0.737. The smallest absolute Gasteiger partial charge is 0.417 e. The SMILES string of the molecule is COc1ccc([C@H](C)[C@H](N=[N+]=[N-])C(=O)N2C(=O)OCC2c2ccccc2)cc1. The van der Waals surface area contributed by atoms with Crippen LogP contribution in [0.3, 0.4) is 0 Å². The Morgan fingerprint density at radius 3 is 2.54 bits per heavy atom. The molecule has 2 aromatic carbocycles. The molecule has 0 aliphatic carbocycles. The Hall–Kier alpha value is -3.51. The van der Waals surface area contributed by atoms with E-state index in [1.807, 2.05) is 30.3 Å². The number of benzene rings is 2. The molecule has 0 radical (unpaired) electrons. The standard InChI is InChI=1S/C20H20N4O4/c1-13(14-8-10-16(27-2)11-9-14)18(22-23-21)19(25)24-17(12-28-20(24)26)15-6-4-3-5-7-15/h3-11,13,17-18H,12H2,1-2H3/t13-,17?,18-/m0/s1. The summed E-state index contributed by atoms with van der Waals surface area (Å²) in [6, 6.07) is 14.6. The average molecular weight is 380 g/mol. The van der Waals surface area contributed by atoms with Gasteiger partial charge in [-0.1, -0.05) is 54.5 Å². The van der Waals surface area contributed by atoms with E-state index in [2.05, 4.69) is 10.0 Å². The molecule has 1 aliphatic rings. The highest BCUT2D eigenvalue weighted by atomic mass is 16.6. The van der Waals surface area contributed by atoms with Crippen molar-refractivity contribution in [2.24, 2.45) is 5.11 Å². The van der Waals surface area contributed by atoms with Crippen LogP contribution in [0, 0.1) is 0 Å². The number of hydrogen-bond donors (Lipinski definition) is 0. The molecule has 2 amide bonds. The molecule has 8 heteroatoms. The molecule has 1 aliphatic heterocycles. The highest BCUT2D eigenvalue weighted by Crippen LogP contribution is 2.32. The molecule has 8 nitrogen and oxygen atoms in total. The zero-order valence-electron chi connectivity index (χ0n) is 15.6. The lowest BCUT2D eigenvalue weighted by Gasteiger charge is -2.26. The molecule has 144 valence electrons. The maximum absolute atomic E-state index is 13.2. The number of ether oxygens (including phenoxy) is 2. The molecule has 2 aromatic rings. The zero-order valence-corrected chi connectivity index (χ0v) is 15.6. The molecule has 3 rings (SSSR count). The van der Waals surface area contributed by atoms with Crippen LogP contribution in [0.25, 0.3) is 10.4 Å². The lowest BCUT2D eigenvalue weighted by molar-refractivity contribution is -0.131. The van der Waals surface area contributed by atoms with Gasteiger partial charge in [-0.3, -0.25) is 4.79 Å². The molecule has 1 saturated heterocycles. The summed E-state index contributed by atoms with van der Waals surface area (Å²) in [5.74, 6) is -0.355. The normalized spacial score (nSPS) is 18.0. The van der Waals surface area contributed by atoms with Gasteiger partial charge in [0.15, 0.2) is 0 Å². The summed E-state index contributed by atoms with van der Waals surface area (Å²) in [7, 11) is 1.56. The molecule has 0 spiro atoms. The average Bonchev–Trinajstić information content (AvgIpc) is 3.13. The van der Waals surface area contributed by atoms with E-state index >= 15 is 0 Å². The second-order valence-electron chi connectivity index (χ2n) is 6.42. The summed E-state index contributed by atoms with van der Waals surface area (Å²) >= 11 is 0. The van der Waals surface area contributed by atoms with Crippen molar-refractivity contribution < 1.29 is 19.1 Å². The maximum Gasteiger partial charge on any atom is 0.417 e. The molecule has 0 bridgehead atoms. The Kier molecular flexibility index (Phi) is 5.81. The van der Waals surface area contributed by atoms with Crippen LogP contribution in [-0.4, -0.2) is 36.7 Å². The van der Waals surface area contributed by atoms with E-state index in [4.69, 9.17) is 15.0 Å². The fourth-order valence-corrected chi connectivity index (χ4v) is 3.24. The summed E-state index contributed by atoms with van der Waals surface area (Å²) in [4.78, 5) is 29.4. The van der Waals surface area contributed by atoms with Crippen molar-refractivity contribution in [3.8, 4) is 5.75 Å². The molecular formula is C20H20N4O4. The van der Waals surface area contributed by atoms with Gasteiger partial charge in [0.25, 0.3) is 0 Å². The van der Waals surface area contributed by atoms with E-state index in [1.54, 1.807) is 38.3 Å². The Morgan fingerprint density at radius 1 is 1.25 bits per heavy atom. The van der Waals surface area contributed by atoms with Crippen LogP contribution in [0.2, 0.25) is 0 Å². The van der Waals surface area contributed by atoms with Gasteiger partial charge in [-0.2, -0.15) is 0 Å². The van der Waals surface area contributed by atoms with Gasteiger partial charge in [0.1, 0.15) is 24.4 Å². The van der Waals surface area contributed by atoms with E-state index in [9.17, 15) is 9.59 Å². The number of azide groups is 1. The van der Waals surface area contributed by atoms with Crippen LogP contribution < -0.4 is 4.74 Å². The third-order valence-corrected chi connectivity index (χ3v) is 4.84. The fraction of sp³-hybridized carbons (Fsp3) is 0.300. The van der Waals surface area contributed by atoms with Crippen molar-refractivity contribution in [2.45, 2.75) is 24.9 Å². The van der Waals surface area contributed by atoms with Crippen LogP contribution >= 0.6 is 0 Å². The Bertz CT molecular complexity index is 894. The minimum absolute atomic E-state index is 0.0640. The third kappa shape index (κ3) is 3.77. The number of nitrogens with zero attached hydrogens (tertiary/aromatic N) is 4. The van der Waals surface area contributed by atoms with Crippen molar-refractivity contribution in [3.63, 3.8) is 0 Å². The van der Waals surface area contributed by atoms with Gasteiger partial charge in [-0.05, 0) is 34.7 Å². The van der Waals surface area contributed by atoms with E-state index in [0.29, 0.717) is 5.75 Å². The third-order valence-electron chi connectivity index (χ3n) is 4.84. The fourth-order valence-electron chi connectivity index (χ4n) is 3.24. The summed E-state index contributed by atoms with van der Waals surface area (Å²) in [5.41, 5.74) is 10.6. The first kappa shape index (κ1) is 19.3. The molecule has 1 heterocycles. The first-order valence-corrected chi connectivity index (χ1v) is 8.79. The molecule has 3 atom stereocenters. The van der Waals surface area contributed by atoms with Gasteiger partial charge in [-0.15, -0.1) is 0 Å². The van der Waals surface area contributed by atoms with E-state index < -0.39 is 30.0 Å². The number of imide groups is 1.